The summed E-state index contributed by atoms with van der Waals surface area (Å²) in [4.78, 5) is 46.6. The SMILES string of the molecule is COC(=O)c1ccc(CC(=O)[C@H](CC2CCCCC2)n2cnc3c(C(F)(F)F)cccc3c2=O)nc1. The van der Waals surface area contributed by atoms with Crippen LogP contribution in [-0.2, 0) is 22.1 Å². The third-order valence-corrected chi connectivity index (χ3v) is 6.71. The maximum absolute atomic E-state index is 13.5. The zero-order valence-corrected chi connectivity index (χ0v) is 19.8. The fourth-order valence-corrected chi connectivity index (χ4v) is 4.82. The molecule has 0 spiro atoms. The molecule has 0 N–H and O–H groups in total. The first kappa shape index (κ1) is 25.5. The number of hydrogen-bond donors (Lipinski definition) is 0. The summed E-state index contributed by atoms with van der Waals surface area (Å²) in [5.41, 5.74) is -1.47. The van der Waals surface area contributed by atoms with E-state index in [0.29, 0.717) is 12.1 Å². The van der Waals surface area contributed by atoms with E-state index in [1.165, 1.54) is 36.1 Å². The van der Waals surface area contributed by atoms with E-state index in [2.05, 4.69) is 14.7 Å². The summed E-state index contributed by atoms with van der Waals surface area (Å²) in [6, 6.07) is 5.50. The van der Waals surface area contributed by atoms with Crippen molar-refractivity contribution >= 4 is 22.7 Å². The Morgan fingerprint density at radius 2 is 1.86 bits per heavy atom. The standard InChI is InChI=1S/C26H26F3N3O4/c1-36-25(35)17-10-11-18(30-14-17)13-22(33)21(12-16-6-3-2-4-7-16)32-15-31-23-19(24(32)34)8-5-9-20(23)26(27,28)29/h5,8-11,14-16,21H,2-4,6-7,12-13H2,1H3/t21-/m0/s1. The number of fused-ring (bicyclic) bond motifs is 1. The monoisotopic (exact) mass is 501 g/mol. The molecule has 0 bridgehead atoms. The molecule has 1 atom stereocenters. The third kappa shape index (κ3) is 5.47. The average molecular weight is 502 g/mol. The molecular formula is C26H26F3N3O4. The fraction of sp³-hybridized carbons (Fsp3) is 0.423. The molecule has 7 nitrogen and oxygen atoms in total. The number of benzene rings is 1. The maximum atomic E-state index is 13.5. The largest absolute Gasteiger partial charge is 0.465 e. The van der Waals surface area contributed by atoms with Crippen LogP contribution in [0.25, 0.3) is 10.9 Å². The molecule has 0 radical (unpaired) electrons. The fourth-order valence-electron chi connectivity index (χ4n) is 4.82. The Bertz CT molecular complexity index is 1310. The highest BCUT2D eigenvalue weighted by atomic mass is 19.4. The van der Waals surface area contributed by atoms with Crippen molar-refractivity contribution in [3.8, 4) is 0 Å². The number of para-hydroxylation sites is 1. The number of ketones is 1. The van der Waals surface area contributed by atoms with Gasteiger partial charge in [-0.05, 0) is 36.6 Å². The molecular weight excluding hydrogens is 475 g/mol. The number of halogens is 3. The van der Waals surface area contributed by atoms with Crippen molar-refractivity contribution in [3.63, 3.8) is 0 Å². The molecule has 0 unspecified atom stereocenters. The molecule has 0 aliphatic heterocycles. The lowest BCUT2D eigenvalue weighted by Gasteiger charge is -2.27. The predicted octanol–water partition coefficient (Wildman–Crippen LogP) is 4.92. The van der Waals surface area contributed by atoms with Crippen LogP contribution >= 0.6 is 0 Å². The Kier molecular flexibility index (Phi) is 7.51. The molecule has 1 saturated carbocycles. The molecule has 4 rings (SSSR count). The summed E-state index contributed by atoms with van der Waals surface area (Å²) in [6.07, 6.45) is 3.01. The van der Waals surface area contributed by atoms with Crippen LogP contribution in [0.2, 0.25) is 0 Å². The zero-order valence-electron chi connectivity index (χ0n) is 19.8. The van der Waals surface area contributed by atoms with E-state index < -0.39 is 34.8 Å². The van der Waals surface area contributed by atoms with E-state index >= 15 is 0 Å². The molecule has 2 heterocycles. The highest BCUT2D eigenvalue weighted by Gasteiger charge is 2.34. The molecule has 1 fully saturated rings. The molecule has 0 amide bonds. The quantitative estimate of drug-likeness (QED) is 0.427. The summed E-state index contributed by atoms with van der Waals surface area (Å²) < 4.78 is 46.2. The summed E-state index contributed by atoms with van der Waals surface area (Å²) in [7, 11) is 1.25. The minimum atomic E-state index is -4.66. The molecule has 36 heavy (non-hydrogen) atoms. The minimum Gasteiger partial charge on any atom is -0.465 e. The van der Waals surface area contributed by atoms with E-state index in [9.17, 15) is 27.6 Å². The summed E-state index contributed by atoms with van der Waals surface area (Å²) in [5, 5.41) is -0.186. The van der Waals surface area contributed by atoms with Gasteiger partial charge < -0.3 is 4.74 Å². The van der Waals surface area contributed by atoms with Crippen LogP contribution in [0.15, 0.2) is 47.7 Å². The van der Waals surface area contributed by atoms with E-state index in [4.69, 9.17) is 0 Å². The lowest BCUT2D eigenvalue weighted by Crippen LogP contribution is -2.33. The van der Waals surface area contributed by atoms with Crippen molar-refractivity contribution in [3.05, 3.63) is 70.0 Å². The lowest BCUT2D eigenvalue weighted by atomic mass is 9.83. The molecule has 10 heteroatoms. The Balaban J connectivity index is 1.70. The second kappa shape index (κ2) is 10.6. The van der Waals surface area contributed by atoms with E-state index in [1.807, 2.05) is 0 Å². The zero-order chi connectivity index (χ0) is 25.9. The van der Waals surface area contributed by atoms with Gasteiger partial charge in [0.05, 0.1) is 47.9 Å². The maximum Gasteiger partial charge on any atom is 0.418 e. The van der Waals surface area contributed by atoms with Crippen LogP contribution in [-0.4, -0.2) is 33.4 Å². The predicted molar refractivity (Wildman–Crippen MR) is 126 cm³/mol. The van der Waals surface area contributed by atoms with Crippen molar-refractivity contribution in [1.82, 2.24) is 14.5 Å². The lowest BCUT2D eigenvalue weighted by molar-refractivity contribution is -0.136. The van der Waals surface area contributed by atoms with Gasteiger partial charge in [0.25, 0.3) is 5.56 Å². The first-order valence-electron chi connectivity index (χ1n) is 11.8. The van der Waals surface area contributed by atoms with Gasteiger partial charge in [0.2, 0.25) is 0 Å². The molecule has 0 saturated heterocycles. The van der Waals surface area contributed by atoms with Gasteiger partial charge in [-0.3, -0.25) is 19.1 Å². The number of aromatic nitrogens is 3. The van der Waals surface area contributed by atoms with Gasteiger partial charge >= 0.3 is 12.1 Å². The molecule has 1 aliphatic rings. The molecule has 3 aromatic rings. The molecule has 1 aliphatic carbocycles. The smallest absolute Gasteiger partial charge is 0.418 e. The summed E-state index contributed by atoms with van der Waals surface area (Å²) in [5.74, 6) is -0.636. The highest BCUT2D eigenvalue weighted by molar-refractivity contribution is 5.89. The van der Waals surface area contributed by atoms with Gasteiger partial charge in [-0.15, -0.1) is 0 Å². The third-order valence-electron chi connectivity index (χ3n) is 6.71. The number of methoxy groups -OCH3 is 1. The van der Waals surface area contributed by atoms with Gasteiger partial charge in [0.1, 0.15) is 0 Å². The number of pyridine rings is 1. The Hall–Kier alpha value is -3.56. The molecule has 2 aromatic heterocycles. The van der Waals surface area contributed by atoms with Crippen LogP contribution in [0.1, 0.15) is 66.2 Å². The van der Waals surface area contributed by atoms with Crippen molar-refractivity contribution in [2.75, 3.05) is 7.11 Å². The Labute approximate surface area is 205 Å². The average Bonchev–Trinajstić information content (AvgIpc) is 2.87. The number of Topliss-reactive ketones (excluding diaryl/α,β-unsaturated/α-hetero) is 1. The van der Waals surface area contributed by atoms with Crippen LogP contribution in [0.5, 0.6) is 0 Å². The van der Waals surface area contributed by atoms with E-state index in [-0.39, 0.29) is 29.1 Å². The topological polar surface area (TPSA) is 91.2 Å². The van der Waals surface area contributed by atoms with Crippen molar-refractivity contribution in [2.45, 2.75) is 57.2 Å². The first-order valence-corrected chi connectivity index (χ1v) is 11.8. The molecule has 190 valence electrons. The van der Waals surface area contributed by atoms with Gasteiger partial charge in [-0.2, -0.15) is 13.2 Å². The summed E-state index contributed by atoms with van der Waals surface area (Å²) >= 11 is 0. The second-order valence-electron chi connectivity index (χ2n) is 9.08. The number of carbonyl (C=O) groups excluding carboxylic acids is 2. The number of carbonyl (C=O) groups is 2. The van der Waals surface area contributed by atoms with E-state index in [1.54, 1.807) is 6.07 Å². The minimum absolute atomic E-state index is 0.105. The second-order valence-corrected chi connectivity index (χ2v) is 9.08. The molecule has 1 aromatic carbocycles. The highest BCUT2D eigenvalue weighted by Crippen LogP contribution is 2.34. The van der Waals surface area contributed by atoms with E-state index in [0.717, 1.165) is 44.5 Å². The van der Waals surface area contributed by atoms with Gasteiger partial charge in [0.15, 0.2) is 5.78 Å². The number of hydrogen-bond acceptors (Lipinski definition) is 6. The first-order chi connectivity index (χ1) is 17.2. The van der Waals surface area contributed by atoms with Crippen LogP contribution in [0, 0.1) is 5.92 Å². The van der Waals surface area contributed by atoms with Gasteiger partial charge in [-0.25, -0.2) is 9.78 Å². The van der Waals surface area contributed by atoms with Crippen molar-refractivity contribution in [1.29, 1.82) is 0 Å². The Morgan fingerprint density at radius 1 is 1.11 bits per heavy atom. The number of nitrogens with zero attached hydrogens (tertiary/aromatic N) is 3. The number of rotatable bonds is 7. The van der Waals surface area contributed by atoms with Crippen LogP contribution in [0.3, 0.4) is 0 Å². The number of ether oxygens (including phenoxy) is 1. The van der Waals surface area contributed by atoms with Gasteiger partial charge in [-0.1, -0.05) is 38.2 Å². The van der Waals surface area contributed by atoms with Crippen LogP contribution in [0.4, 0.5) is 13.2 Å². The summed E-state index contributed by atoms with van der Waals surface area (Å²) in [6.45, 7) is 0. The van der Waals surface area contributed by atoms with Gasteiger partial charge in [0, 0.05) is 11.9 Å². The van der Waals surface area contributed by atoms with Crippen molar-refractivity contribution < 1.29 is 27.5 Å². The number of esters is 1. The van der Waals surface area contributed by atoms with Crippen molar-refractivity contribution in [2.24, 2.45) is 5.92 Å². The normalized spacial score (nSPS) is 15.6. The number of alkyl halides is 3. The Morgan fingerprint density at radius 3 is 2.50 bits per heavy atom. The van der Waals surface area contributed by atoms with Crippen LogP contribution < -0.4 is 5.56 Å².